The Morgan fingerprint density at radius 3 is 2.77 bits per heavy atom. The van der Waals surface area contributed by atoms with E-state index in [4.69, 9.17) is 18.9 Å². The number of aromatic amines is 1. The maximum atomic E-state index is 11.2. The molecule has 0 bridgehead atoms. The third-order valence-electron chi connectivity index (χ3n) is 4.01. The van der Waals surface area contributed by atoms with Gasteiger partial charge in [-0.15, -0.1) is 4.91 Å². The van der Waals surface area contributed by atoms with Crippen LogP contribution in [0.5, 0.6) is 5.75 Å². The first-order valence-corrected chi connectivity index (χ1v) is 8.97. The van der Waals surface area contributed by atoms with E-state index in [0.29, 0.717) is 36.7 Å². The van der Waals surface area contributed by atoms with Crippen molar-refractivity contribution in [3.8, 4) is 5.75 Å². The molecule has 2 aromatic rings. The number of methoxy groups -OCH3 is 3. The molecule has 0 amide bonds. The molecular formula is C17H21N3O5S. The first-order valence-electron chi connectivity index (χ1n) is 8.09. The van der Waals surface area contributed by atoms with E-state index in [1.54, 1.807) is 39.2 Å². The van der Waals surface area contributed by atoms with E-state index in [0.717, 1.165) is 16.1 Å². The minimum absolute atomic E-state index is 0.0861. The fourth-order valence-corrected chi connectivity index (χ4v) is 3.95. The summed E-state index contributed by atoms with van der Waals surface area (Å²) in [6, 6.07) is 5.42. The van der Waals surface area contributed by atoms with Gasteiger partial charge in [-0.2, -0.15) is 0 Å². The highest BCUT2D eigenvalue weighted by Crippen LogP contribution is 2.35. The fourth-order valence-electron chi connectivity index (χ4n) is 2.79. The number of H-pyrrole nitrogens is 1. The van der Waals surface area contributed by atoms with Crippen molar-refractivity contribution in [2.24, 2.45) is 10.2 Å². The predicted octanol–water partition coefficient (Wildman–Crippen LogP) is 3.07. The smallest absolute Gasteiger partial charge is 0.170 e. The number of nitroso groups, excluding NO2 is 1. The molecule has 8 nitrogen and oxygen atoms in total. The third kappa shape index (κ3) is 3.90. The molecule has 0 fully saturated rings. The second-order valence-electron chi connectivity index (χ2n) is 5.66. The van der Waals surface area contributed by atoms with Crippen LogP contribution in [0.15, 0.2) is 28.4 Å². The maximum absolute atomic E-state index is 11.2. The molecule has 0 saturated carbocycles. The molecule has 1 aromatic heterocycles. The average molecular weight is 379 g/mol. The third-order valence-corrected chi connectivity index (χ3v) is 5.26. The molecule has 2 heterocycles. The normalized spacial score (nSPS) is 17.1. The summed E-state index contributed by atoms with van der Waals surface area (Å²) in [5.41, 5.74) is 1.79. The van der Waals surface area contributed by atoms with Gasteiger partial charge in [-0.25, -0.2) is 0 Å². The summed E-state index contributed by atoms with van der Waals surface area (Å²) in [4.78, 5) is 19.0. The summed E-state index contributed by atoms with van der Waals surface area (Å²) >= 11 is 1.58. The molecule has 1 aromatic carbocycles. The molecule has 1 atom stereocenters. The van der Waals surface area contributed by atoms with Gasteiger partial charge in [-0.3, -0.25) is 4.99 Å². The highest BCUT2D eigenvalue weighted by molar-refractivity contribution is 8.15. The van der Waals surface area contributed by atoms with E-state index in [1.807, 2.05) is 12.1 Å². The van der Waals surface area contributed by atoms with Crippen LogP contribution < -0.4 is 4.74 Å². The number of aliphatic imine (C=N–C) groups is 1. The van der Waals surface area contributed by atoms with Crippen LogP contribution in [0.3, 0.4) is 0 Å². The number of benzene rings is 1. The Bertz CT molecular complexity index is 803. The number of rotatable bonds is 9. The SMILES string of the molecule is COCCOc1cc(N=O)c2[nH]c(C3=NCC(C(OC)OC)S3)cc2c1. The number of hydrogen-bond donors (Lipinski definition) is 1. The minimum Gasteiger partial charge on any atom is -0.491 e. The van der Waals surface area contributed by atoms with E-state index in [9.17, 15) is 4.91 Å². The number of nitrogens with zero attached hydrogens (tertiary/aromatic N) is 2. The van der Waals surface area contributed by atoms with Gasteiger partial charge in [0, 0.05) is 32.8 Å². The van der Waals surface area contributed by atoms with Gasteiger partial charge < -0.3 is 23.9 Å². The lowest BCUT2D eigenvalue weighted by molar-refractivity contribution is -0.0994. The Labute approximate surface area is 155 Å². The molecule has 0 radical (unpaired) electrons. The van der Waals surface area contributed by atoms with Gasteiger partial charge in [0.1, 0.15) is 23.1 Å². The Kier molecular flexibility index (Phi) is 6.25. The molecule has 140 valence electrons. The quantitative estimate of drug-likeness (QED) is 0.409. The lowest BCUT2D eigenvalue weighted by Gasteiger charge is -2.18. The Morgan fingerprint density at radius 1 is 1.27 bits per heavy atom. The first-order chi connectivity index (χ1) is 12.7. The Balaban J connectivity index is 1.83. The second kappa shape index (κ2) is 8.63. The number of hydrogen-bond acceptors (Lipinski definition) is 8. The van der Waals surface area contributed by atoms with Crippen LogP contribution in [-0.4, -0.2) is 62.7 Å². The molecule has 26 heavy (non-hydrogen) atoms. The molecule has 1 unspecified atom stereocenters. The Morgan fingerprint density at radius 2 is 2.08 bits per heavy atom. The monoisotopic (exact) mass is 379 g/mol. The topological polar surface area (TPSA) is 94.5 Å². The van der Waals surface area contributed by atoms with E-state index in [1.165, 1.54) is 0 Å². The lowest BCUT2D eigenvalue weighted by Crippen LogP contribution is -2.28. The van der Waals surface area contributed by atoms with Crippen molar-refractivity contribution in [3.05, 3.63) is 28.8 Å². The van der Waals surface area contributed by atoms with Crippen LogP contribution in [-0.2, 0) is 14.2 Å². The first kappa shape index (κ1) is 18.8. The van der Waals surface area contributed by atoms with E-state index >= 15 is 0 Å². The number of fused-ring (bicyclic) bond motifs is 1. The zero-order chi connectivity index (χ0) is 18.5. The van der Waals surface area contributed by atoms with E-state index in [2.05, 4.69) is 15.2 Å². The predicted molar refractivity (Wildman–Crippen MR) is 102 cm³/mol. The minimum atomic E-state index is -0.321. The van der Waals surface area contributed by atoms with Crippen LogP contribution in [0.4, 0.5) is 5.69 Å². The summed E-state index contributed by atoms with van der Waals surface area (Å²) in [7, 11) is 4.83. The van der Waals surface area contributed by atoms with Crippen molar-refractivity contribution in [2.45, 2.75) is 11.5 Å². The number of thioether (sulfide) groups is 1. The van der Waals surface area contributed by atoms with Crippen LogP contribution in [0.25, 0.3) is 10.9 Å². The molecule has 9 heteroatoms. The Hall–Kier alpha value is -1.94. The zero-order valence-electron chi connectivity index (χ0n) is 14.9. The molecule has 1 aliphatic heterocycles. The van der Waals surface area contributed by atoms with Gasteiger partial charge in [-0.05, 0) is 17.3 Å². The summed E-state index contributed by atoms with van der Waals surface area (Å²) in [6.45, 7) is 1.47. The number of nitrogens with one attached hydrogen (secondary N) is 1. The van der Waals surface area contributed by atoms with Crippen LogP contribution >= 0.6 is 11.8 Å². The largest absolute Gasteiger partial charge is 0.491 e. The fraction of sp³-hybridized carbons (Fsp3) is 0.471. The summed E-state index contributed by atoms with van der Waals surface area (Å²) in [6.07, 6.45) is -0.321. The molecule has 0 aliphatic carbocycles. The van der Waals surface area contributed by atoms with E-state index in [-0.39, 0.29) is 11.5 Å². The van der Waals surface area contributed by atoms with Gasteiger partial charge >= 0.3 is 0 Å². The average Bonchev–Trinajstić information content (AvgIpc) is 3.29. The standard InChI is InChI=1S/C17H21N3O5S/c1-22-4-5-25-11-6-10-7-13(19-15(10)12(8-11)20-21)16-18-9-14(26-16)17(23-2)24-3/h6-8,14,17,19H,4-5,9H2,1-3H3. The highest BCUT2D eigenvalue weighted by Gasteiger charge is 2.29. The second-order valence-corrected chi connectivity index (χ2v) is 6.89. The van der Waals surface area contributed by atoms with Crippen molar-refractivity contribution in [3.63, 3.8) is 0 Å². The van der Waals surface area contributed by atoms with Crippen LogP contribution in [0.2, 0.25) is 0 Å². The van der Waals surface area contributed by atoms with Gasteiger partial charge in [-0.1, -0.05) is 11.8 Å². The molecule has 1 N–H and O–H groups in total. The van der Waals surface area contributed by atoms with Gasteiger partial charge in [0.15, 0.2) is 6.29 Å². The van der Waals surface area contributed by atoms with Crippen molar-refractivity contribution < 1.29 is 18.9 Å². The van der Waals surface area contributed by atoms with Crippen molar-refractivity contribution >= 4 is 33.4 Å². The molecule has 0 spiro atoms. The summed E-state index contributed by atoms with van der Waals surface area (Å²) in [5.74, 6) is 0.576. The molecule has 0 saturated heterocycles. The van der Waals surface area contributed by atoms with E-state index < -0.39 is 0 Å². The molecule has 1 aliphatic rings. The zero-order valence-corrected chi connectivity index (χ0v) is 15.7. The number of aromatic nitrogens is 1. The van der Waals surface area contributed by atoms with Crippen LogP contribution in [0, 0.1) is 4.91 Å². The maximum Gasteiger partial charge on any atom is 0.170 e. The number of ether oxygens (including phenoxy) is 4. The molecule has 3 rings (SSSR count). The highest BCUT2D eigenvalue weighted by atomic mass is 32.2. The lowest BCUT2D eigenvalue weighted by atomic mass is 10.2. The van der Waals surface area contributed by atoms with Crippen LogP contribution in [0.1, 0.15) is 5.69 Å². The van der Waals surface area contributed by atoms with Crippen molar-refractivity contribution in [1.29, 1.82) is 0 Å². The van der Waals surface area contributed by atoms with Crippen molar-refractivity contribution in [1.82, 2.24) is 4.98 Å². The van der Waals surface area contributed by atoms with Crippen molar-refractivity contribution in [2.75, 3.05) is 41.1 Å². The molecular weight excluding hydrogens is 358 g/mol. The van der Waals surface area contributed by atoms with Gasteiger partial charge in [0.25, 0.3) is 0 Å². The van der Waals surface area contributed by atoms with Gasteiger partial charge in [0.2, 0.25) is 0 Å². The summed E-state index contributed by atoms with van der Waals surface area (Å²) in [5, 5.41) is 4.89. The summed E-state index contributed by atoms with van der Waals surface area (Å²) < 4.78 is 21.2. The van der Waals surface area contributed by atoms with Gasteiger partial charge in [0.05, 0.1) is 29.6 Å².